The topological polar surface area (TPSA) is 103 Å². The molecule has 0 atom stereocenters. The number of rotatable bonds is 7. The maximum atomic E-state index is 13.0. The molecule has 30 heavy (non-hydrogen) atoms. The van der Waals surface area contributed by atoms with E-state index < -0.39 is 4.92 Å². The van der Waals surface area contributed by atoms with Gasteiger partial charge < -0.3 is 14.4 Å². The summed E-state index contributed by atoms with van der Waals surface area (Å²) >= 11 is 0. The van der Waals surface area contributed by atoms with Gasteiger partial charge in [-0.3, -0.25) is 24.5 Å². The Morgan fingerprint density at radius 1 is 1.07 bits per heavy atom. The summed E-state index contributed by atoms with van der Waals surface area (Å²) in [6.07, 6.45) is 0. The molecule has 1 saturated heterocycles. The molecule has 1 aromatic heterocycles. The van der Waals surface area contributed by atoms with E-state index in [9.17, 15) is 14.9 Å². The molecule has 10 nitrogen and oxygen atoms in total. The van der Waals surface area contributed by atoms with Gasteiger partial charge in [-0.2, -0.15) is 5.10 Å². The van der Waals surface area contributed by atoms with Crippen LogP contribution in [0.5, 0.6) is 11.5 Å². The third-order valence-electron chi connectivity index (χ3n) is 5.32. The van der Waals surface area contributed by atoms with Crippen LogP contribution in [-0.2, 0) is 6.54 Å². The number of nitro groups is 1. The number of piperazine rings is 1. The highest BCUT2D eigenvalue weighted by molar-refractivity contribution is 5.99. The van der Waals surface area contributed by atoms with Gasteiger partial charge in [-0.15, -0.1) is 0 Å². The number of carbonyl (C=O) groups is 1. The van der Waals surface area contributed by atoms with Crippen LogP contribution in [-0.4, -0.2) is 77.4 Å². The average molecular weight is 417 g/mol. The Balaban J connectivity index is 1.66. The molecule has 1 aromatic carbocycles. The van der Waals surface area contributed by atoms with Gasteiger partial charge in [-0.25, -0.2) is 0 Å². The van der Waals surface area contributed by atoms with Crippen molar-refractivity contribution in [3.63, 3.8) is 0 Å². The molecule has 0 spiro atoms. The molecular weight excluding hydrogens is 390 g/mol. The predicted molar refractivity (Wildman–Crippen MR) is 110 cm³/mol. The van der Waals surface area contributed by atoms with E-state index in [1.807, 2.05) is 24.6 Å². The van der Waals surface area contributed by atoms with E-state index in [0.29, 0.717) is 26.2 Å². The van der Waals surface area contributed by atoms with Crippen LogP contribution in [0.15, 0.2) is 18.2 Å². The second kappa shape index (κ2) is 9.12. The summed E-state index contributed by atoms with van der Waals surface area (Å²) in [5.74, 6) is 0.130. The van der Waals surface area contributed by atoms with Crippen molar-refractivity contribution in [3.8, 4) is 11.5 Å². The molecule has 162 valence electrons. The molecule has 0 bridgehead atoms. The Morgan fingerprint density at radius 3 is 2.23 bits per heavy atom. The lowest BCUT2D eigenvalue weighted by atomic mass is 10.1. The quantitative estimate of drug-likeness (QED) is 0.501. The maximum Gasteiger partial charge on any atom is 0.286 e. The first kappa shape index (κ1) is 21.6. The number of ether oxygens (including phenoxy) is 2. The first-order chi connectivity index (χ1) is 14.3. The van der Waals surface area contributed by atoms with Crippen molar-refractivity contribution in [2.45, 2.75) is 20.4 Å². The summed E-state index contributed by atoms with van der Waals surface area (Å²) in [7, 11) is 2.83. The van der Waals surface area contributed by atoms with Crippen molar-refractivity contribution < 1.29 is 19.2 Å². The van der Waals surface area contributed by atoms with Crippen molar-refractivity contribution in [1.29, 1.82) is 0 Å². The van der Waals surface area contributed by atoms with Gasteiger partial charge in [-0.1, -0.05) is 0 Å². The molecule has 3 rings (SSSR count). The highest BCUT2D eigenvalue weighted by atomic mass is 16.6. The van der Waals surface area contributed by atoms with Gasteiger partial charge in [0.15, 0.2) is 11.5 Å². The molecule has 10 heteroatoms. The highest BCUT2D eigenvalue weighted by Gasteiger charge is 2.29. The van der Waals surface area contributed by atoms with Crippen LogP contribution in [0, 0.1) is 24.0 Å². The van der Waals surface area contributed by atoms with Crippen LogP contribution in [0.3, 0.4) is 0 Å². The summed E-state index contributed by atoms with van der Waals surface area (Å²) in [5, 5.41) is 16.0. The number of hydrogen-bond acceptors (Lipinski definition) is 7. The third kappa shape index (κ3) is 4.54. The van der Waals surface area contributed by atoms with Gasteiger partial charge in [0.25, 0.3) is 11.6 Å². The Kier molecular flexibility index (Phi) is 6.56. The van der Waals surface area contributed by atoms with Crippen LogP contribution >= 0.6 is 0 Å². The molecule has 1 aliphatic rings. The summed E-state index contributed by atoms with van der Waals surface area (Å²) in [4.78, 5) is 27.9. The monoisotopic (exact) mass is 417 g/mol. The molecule has 2 heterocycles. The maximum absolute atomic E-state index is 13.0. The zero-order chi connectivity index (χ0) is 21.8. The fourth-order valence-electron chi connectivity index (χ4n) is 3.67. The molecule has 1 fully saturated rings. The molecule has 0 N–H and O–H groups in total. The molecule has 0 radical (unpaired) electrons. The van der Waals surface area contributed by atoms with E-state index in [1.54, 1.807) is 4.90 Å². The number of hydrogen-bond donors (Lipinski definition) is 0. The Hall–Kier alpha value is -3.14. The number of nitrogens with zero attached hydrogens (tertiary/aromatic N) is 5. The number of benzene rings is 1. The zero-order valence-electron chi connectivity index (χ0n) is 17.8. The molecule has 0 aliphatic carbocycles. The van der Waals surface area contributed by atoms with Crippen LogP contribution < -0.4 is 9.47 Å². The predicted octanol–water partition coefficient (Wildman–Crippen LogP) is 1.88. The largest absolute Gasteiger partial charge is 0.493 e. The second-order valence-electron chi connectivity index (χ2n) is 7.27. The van der Waals surface area contributed by atoms with E-state index in [2.05, 4.69) is 10.00 Å². The van der Waals surface area contributed by atoms with Crippen molar-refractivity contribution in [1.82, 2.24) is 19.6 Å². The Morgan fingerprint density at radius 2 is 1.70 bits per heavy atom. The molecule has 0 unspecified atom stereocenters. The van der Waals surface area contributed by atoms with Gasteiger partial charge in [0.1, 0.15) is 5.56 Å². The summed E-state index contributed by atoms with van der Waals surface area (Å²) in [5.41, 5.74) is 1.85. The number of aromatic nitrogens is 2. The van der Waals surface area contributed by atoms with E-state index in [0.717, 1.165) is 24.5 Å². The number of amides is 1. The lowest BCUT2D eigenvalue weighted by Gasteiger charge is -2.34. The average Bonchev–Trinajstić information content (AvgIpc) is 3.07. The van der Waals surface area contributed by atoms with Crippen LogP contribution in [0.25, 0.3) is 0 Å². The lowest BCUT2D eigenvalue weighted by Crippen LogP contribution is -2.49. The summed E-state index contributed by atoms with van der Waals surface area (Å²) in [6, 6.07) is 4.66. The van der Waals surface area contributed by atoms with Crippen molar-refractivity contribution in [2.24, 2.45) is 0 Å². The highest BCUT2D eigenvalue weighted by Crippen LogP contribution is 2.35. The molecule has 2 aromatic rings. The Labute approximate surface area is 175 Å². The lowest BCUT2D eigenvalue weighted by molar-refractivity contribution is -0.385. The minimum Gasteiger partial charge on any atom is -0.493 e. The third-order valence-corrected chi connectivity index (χ3v) is 5.32. The van der Waals surface area contributed by atoms with Gasteiger partial charge in [0.05, 0.1) is 37.4 Å². The zero-order valence-corrected chi connectivity index (χ0v) is 17.8. The number of carbonyl (C=O) groups excluding carboxylic acids is 1. The summed E-state index contributed by atoms with van der Waals surface area (Å²) < 4.78 is 12.3. The number of nitro benzene ring substituents is 1. The van der Waals surface area contributed by atoms with E-state index in [1.165, 1.54) is 26.4 Å². The smallest absolute Gasteiger partial charge is 0.286 e. The SMILES string of the molecule is COc1cc(C(=O)N2CCN(CCn3nc(C)cc3C)CC2)c([N+](=O)[O-])cc1OC. The fraction of sp³-hybridized carbons (Fsp3) is 0.500. The van der Waals surface area contributed by atoms with E-state index >= 15 is 0 Å². The van der Waals surface area contributed by atoms with Gasteiger partial charge in [0, 0.05) is 44.5 Å². The number of aryl methyl sites for hydroxylation is 2. The van der Waals surface area contributed by atoms with Crippen LogP contribution in [0.4, 0.5) is 5.69 Å². The standard InChI is InChI=1S/C20H27N5O5/c1-14-11-15(2)24(21-14)10-7-22-5-8-23(9-6-22)20(26)16-12-18(29-3)19(30-4)13-17(16)25(27)28/h11-13H,5-10H2,1-4H3. The first-order valence-corrected chi connectivity index (χ1v) is 9.77. The first-order valence-electron chi connectivity index (χ1n) is 9.77. The second-order valence-corrected chi connectivity index (χ2v) is 7.27. The van der Waals surface area contributed by atoms with Crippen LogP contribution in [0.2, 0.25) is 0 Å². The Bertz CT molecular complexity index is 934. The minimum atomic E-state index is -0.570. The molecule has 0 saturated carbocycles. The molecular formula is C20H27N5O5. The van der Waals surface area contributed by atoms with Crippen molar-refractivity contribution in [2.75, 3.05) is 46.9 Å². The van der Waals surface area contributed by atoms with E-state index in [4.69, 9.17) is 9.47 Å². The van der Waals surface area contributed by atoms with Gasteiger partial charge in [0.2, 0.25) is 0 Å². The van der Waals surface area contributed by atoms with Crippen molar-refractivity contribution >= 4 is 11.6 Å². The van der Waals surface area contributed by atoms with Gasteiger partial charge >= 0.3 is 0 Å². The minimum absolute atomic E-state index is 0.00809. The van der Waals surface area contributed by atoms with E-state index in [-0.39, 0.29) is 28.7 Å². The molecule has 1 aliphatic heterocycles. The normalized spacial score (nSPS) is 14.6. The summed E-state index contributed by atoms with van der Waals surface area (Å²) in [6.45, 7) is 8.03. The number of methoxy groups -OCH3 is 2. The van der Waals surface area contributed by atoms with Crippen LogP contribution in [0.1, 0.15) is 21.7 Å². The van der Waals surface area contributed by atoms with Crippen molar-refractivity contribution in [3.05, 3.63) is 45.3 Å². The molecule has 1 amide bonds. The van der Waals surface area contributed by atoms with Gasteiger partial charge in [-0.05, 0) is 19.9 Å². The fourth-order valence-corrected chi connectivity index (χ4v) is 3.67.